The van der Waals surface area contributed by atoms with Gasteiger partial charge >= 0.3 is 0 Å². The average Bonchev–Trinajstić information content (AvgIpc) is 2.24. The maximum absolute atomic E-state index is 13.6. The van der Waals surface area contributed by atoms with Crippen LogP contribution < -0.4 is 5.73 Å². The van der Waals surface area contributed by atoms with E-state index in [4.69, 9.17) is 5.73 Å². The molecular weight excluding hydrogens is 307 g/mol. The van der Waals surface area contributed by atoms with Crippen molar-refractivity contribution in [1.82, 2.24) is 4.90 Å². The minimum absolute atomic E-state index is 0. The van der Waals surface area contributed by atoms with Crippen LogP contribution in [0.1, 0.15) is 18.4 Å². The molecule has 17 heavy (non-hydrogen) atoms. The Morgan fingerprint density at radius 3 is 2.88 bits per heavy atom. The van der Waals surface area contributed by atoms with Crippen LogP contribution in [-0.4, -0.2) is 24.0 Å². The fraction of sp³-hybridized carbons (Fsp3) is 0.500. The Kier molecular flexibility index (Phi) is 5.86. The van der Waals surface area contributed by atoms with Crippen LogP contribution in [0.2, 0.25) is 0 Å². The molecule has 1 heterocycles. The van der Waals surface area contributed by atoms with Gasteiger partial charge in [0.25, 0.3) is 0 Å². The maximum Gasteiger partial charge on any atom is 0.128 e. The largest absolute Gasteiger partial charge is 0.327 e. The van der Waals surface area contributed by atoms with Crippen LogP contribution in [-0.2, 0) is 6.54 Å². The quantitative estimate of drug-likeness (QED) is 0.907. The summed E-state index contributed by atoms with van der Waals surface area (Å²) in [5, 5.41) is 0. The van der Waals surface area contributed by atoms with E-state index in [0.29, 0.717) is 6.54 Å². The third-order valence-corrected chi connectivity index (χ3v) is 3.73. The van der Waals surface area contributed by atoms with E-state index in [9.17, 15) is 4.39 Å². The second-order valence-electron chi connectivity index (χ2n) is 4.34. The van der Waals surface area contributed by atoms with E-state index < -0.39 is 0 Å². The monoisotopic (exact) mass is 322 g/mol. The van der Waals surface area contributed by atoms with Gasteiger partial charge in [-0.2, -0.15) is 0 Å². The zero-order valence-electron chi connectivity index (χ0n) is 9.53. The lowest BCUT2D eigenvalue weighted by Gasteiger charge is -2.30. The second kappa shape index (κ2) is 6.69. The summed E-state index contributed by atoms with van der Waals surface area (Å²) in [5.74, 6) is -0.145. The molecule has 2 N–H and O–H groups in total. The third-order valence-electron chi connectivity index (χ3n) is 2.99. The topological polar surface area (TPSA) is 29.3 Å². The predicted molar refractivity (Wildman–Crippen MR) is 73.8 cm³/mol. The Bertz CT molecular complexity index is 355. The molecule has 2 rings (SSSR count). The van der Waals surface area contributed by atoms with Crippen molar-refractivity contribution in [3.8, 4) is 0 Å². The van der Waals surface area contributed by atoms with Crippen molar-refractivity contribution in [3.63, 3.8) is 0 Å². The summed E-state index contributed by atoms with van der Waals surface area (Å²) in [5.41, 5.74) is 6.64. The molecule has 0 saturated carbocycles. The SMILES string of the molecule is Cl.N[C@@H]1CCCN(Cc2c(F)cccc2Br)C1. The molecule has 0 amide bonds. The second-order valence-corrected chi connectivity index (χ2v) is 5.19. The Morgan fingerprint density at radius 1 is 1.47 bits per heavy atom. The predicted octanol–water partition coefficient (Wildman–Crippen LogP) is 2.93. The van der Waals surface area contributed by atoms with Crippen LogP contribution in [0.4, 0.5) is 4.39 Å². The van der Waals surface area contributed by atoms with Gasteiger partial charge in [0.1, 0.15) is 5.82 Å². The lowest BCUT2D eigenvalue weighted by atomic mass is 10.1. The average molecular weight is 324 g/mol. The molecular formula is C12H17BrClFN2. The summed E-state index contributed by atoms with van der Waals surface area (Å²) in [7, 11) is 0. The van der Waals surface area contributed by atoms with Crippen LogP contribution in [0, 0.1) is 5.82 Å². The molecule has 0 aliphatic carbocycles. The molecule has 0 aromatic heterocycles. The molecule has 1 aromatic carbocycles. The molecule has 0 bridgehead atoms. The van der Waals surface area contributed by atoms with Crippen molar-refractivity contribution in [2.75, 3.05) is 13.1 Å². The highest BCUT2D eigenvalue weighted by Crippen LogP contribution is 2.22. The summed E-state index contributed by atoms with van der Waals surface area (Å²) in [6.45, 7) is 2.51. The van der Waals surface area contributed by atoms with Crippen molar-refractivity contribution >= 4 is 28.3 Å². The number of nitrogens with two attached hydrogens (primary N) is 1. The first kappa shape index (κ1) is 14.9. The highest BCUT2D eigenvalue weighted by molar-refractivity contribution is 9.10. The molecule has 1 aliphatic heterocycles. The summed E-state index contributed by atoms with van der Waals surface area (Å²) in [4.78, 5) is 2.22. The van der Waals surface area contributed by atoms with Crippen molar-refractivity contribution in [3.05, 3.63) is 34.1 Å². The van der Waals surface area contributed by atoms with Gasteiger partial charge in [-0.3, -0.25) is 4.90 Å². The molecule has 0 radical (unpaired) electrons. The maximum atomic E-state index is 13.6. The molecule has 1 saturated heterocycles. The van der Waals surface area contributed by atoms with Crippen LogP contribution in [0.3, 0.4) is 0 Å². The number of rotatable bonds is 2. The molecule has 0 spiro atoms. The first-order valence-electron chi connectivity index (χ1n) is 5.57. The van der Waals surface area contributed by atoms with Crippen LogP contribution in [0.25, 0.3) is 0 Å². The minimum atomic E-state index is -0.145. The van der Waals surface area contributed by atoms with Gasteiger partial charge in [0.05, 0.1) is 0 Å². The highest BCUT2D eigenvalue weighted by Gasteiger charge is 2.18. The molecule has 1 aliphatic rings. The first-order chi connectivity index (χ1) is 7.66. The Labute approximate surface area is 116 Å². The molecule has 1 fully saturated rings. The zero-order valence-corrected chi connectivity index (χ0v) is 11.9. The summed E-state index contributed by atoms with van der Waals surface area (Å²) in [6.07, 6.45) is 2.18. The van der Waals surface area contributed by atoms with E-state index in [1.54, 1.807) is 6.07 Å². The summed E-state index contributed by atoms with van der Waals surface area (Å²) >= 11 is 3.39. The van der Waals surface area contributed by atoms with Crippen molar-refractivity contribution in [2.24, 2.45) is 5.73 Å². The fourth-order valence-electron chi connectivity index (χ4n) is 2.14. The summed E-state index contributed by atoms with van der Waals surface area (Å²) in [6, 6.07) is 5.33. The van der Waals surface area contributed by atoms with E-state index in [1.165, 1.54) is 6.07 Å². The van der Waals surface area contributed by atoms with Gasteiger partial charge in [-0.25, -0.2) is 4.39 Å². The molecule has 2 nitrogen and oxygen atoms in total. The lowest BCUT2D eigenvalue weighted by Crippen LogP contribution is -2.42. The van der Waals surface area contributed by atoms with E-state index in [1.807, 2.05) is 6.07 Å². The normalized spacial score (nSPS) is 21.0. The number of benzene rings is 1. The molecule has 1 aromatic rings. The van der Waals surface area contributed by atoms with Gasteiger partial charge in [-0.1, -0.05) is 22.0 Å². The van der Waals surface area contributed by atoms with E-state index in [-0.39, 0.29) is 24.3 Å². The number of hydrogen-bond acceptors (Lipinski definition) is 2. The Balaban J connectivity index is 0.00000144. The van der Waals surface area contributed by atoms with Crippen molar-refractivity contribution in [2.45, 2.75) is 25.4 Å². The van der Waals surface area contributed by atoms with Gasteiger partial charge < -0.3 is 5.73 Å². The number of hydrogen-bond donors (Lipinski definition) is 1. The lowest BCUT2D eigenvalue weighted by molar-refractivity contribution is 0.199. The van der Waals surface area contributed by atoms with E-state index in [2.05, 4.69) is 20.8 Å². The molecule has 0 unspecified atom stereocenters. The number of nitrogens with zero attached hydrogens (tertiary/aromatic N) is 1. The molecule has 5 heteroatoms. The molecule has 96 valence electrons. The minimum Gasteiger partial charge on any atom is -0.327 e. The zero-order chi connectivity index (χ0) is 11.5. The fourth-order valence-corrected chi connectivity index (χ4v) is 2.61. The standard InChI is InChI=1S/C12H16BrFN2.ClH/c13-11-4-1-5-12(14)10(11)8-16-6-2-3-9(15)7-16;/h1,4-5,9H,2-3,6-8,15H2;1H/t9-;/m1./s1. The van der Waals surface area contributed by atoms with Gasteiger partial charge in [0.15, 0.2) is 0 Å². The van der Waals surface area contributed by atoms with Gasteiger partial charge in [0, 0.05) is 29.2 Å². The van der Waals surface area contributed by atoms with Gasteiger partial charge in [-0.05, 0) is 31.5 Å². The Morgan fingerprint density at radius 2 is 2.24 bits per heavy atom. The third kappa shape index (κ3) is 3.91. The van der Waals surface area contributed by atoms with E-state index in [0.717, 1.165) is 36.0 Å². The molecule has 1 atom stereocenters. The van der Waals surface area contributed by atoms with Crippen LogP contribution >= 0.6 is 28.3 Å². The Hall–Kier alpha value is -0.160. The first-order valence-corrected chi connectivity index (χ1v) is 6.37. The van der Waals surface area contributed by atoms with Gasteiger partial charge in [0.2, 0.25) is 0 Å². The van der Waals surface area contributed by atoms with Crippen molar-refractivity contribution in [1.29, 1.82) is 0 Å². The van der Waals surface area contributed by atoms with Gasteiger partial charge in [-0.15, -0.1) is 12.4 Å². The summed E-state index contributed by atoms with van der Waals surface area (Å²) < 4.78 is 14.5. The van der Waals surface area contributed by atoms with Crippen LogP contribution in [0.5, 0.6) is 0 Å². The van der Waals surface area contributed by atoms with Crippen LogP contribution in [0.15, 0.2) is 22.7 Å². The number of likely N-dealkylation sites (tertiary alicyclic amines) is 1. The van der Waals surface area contributed by atoms with E-state index >= 15 is 0 Å². The number of halogens is 3. The smallest absolute Gasteiger partial charge is 0.128 e. The van der Waals surface area contributed by atoms with Crippen molar-refractivity contribution < 1.29 is 4.39 Å². The highest BCUT2D eigenvalue weighted by atomic mass is 79.9. The number of piperidine rings is 1.